The minimum Gasteiger partial charge on any atom is -0.314 e. The van der Waals surface area contributed by atoms with Gasteiger partial charge in [0.15, 0.2) is 0 Å². The van der Waals surface area contributed by atoms with Crippen molar-refractivity contribution in [2.45, 2.75) is 39.2 Å². The van der Waals surface area contributed by atoms with Gasteiger partial charge in [-0.15, -0.1) is 0 Å². The molecule has 0 aromatic carbocycles. The highest BCUT2D eigenvalue weighted by Crippen LogP contribution is 2.18. The molecule has 2 aliphatic rings. The second-order valence-corrected chi connectivity index (χ2v) is 5.66. The second-order valence-electron chi connectivity index (χ2n) is 5.66. The summed E-state index contributed by atoms with van der Waals surface area (Å²) >= 11 is 0. The molecule has 1 unspecified atom stereocenters. The molecule has 0 aromatic heterocycles. The van der Waals surface area contributed by atoms with E-state index in [1.807, 2.05) is 0 Å². The van der Waals surface area contributed by atoms with Gasteiger partial charge in [-0.1, -0.05) is 12.5 Å². The molecule has 0 bridgehead atoms. The fourth-order valence-corrected chi connectivity index (χ4v) is 3.13. The molecule has 3 heteroatoms. The Kier molecular flexibility index (Phi) is 5.67. The standard InChI is InChI=1S/C15H29N3/c1-3-15(13-17-11-7-16-8-12-17)14(2)18-9-5-4-6-10-18/h3,14,16H,4-13H2,1-2H3. The van der Waals surface area contributed by atoms with Gasteiger partial charge in [-0.3, -0.25) is 9.80 Å². The van der Waals surface area contributed by atoms with Crippen LogP contribution in [-0.2, 0) is 0 Å². The van der Waals surface area contributed by atoms with Gasteiger partial charge in [0, 0.05) is 38.8 Å². The predicted octanol–water partition coefficient (Wildman–Crippen LogP) is 1.71. The van der Waals surface area contributed by atoms with Gasteiger partial charge < -0.3 is 5.32 Å². The van der Waals surface area contributed by atoms with Crippen LogP contribution in [0.25, 0.3) is 0 Å². The lowest BCUT2D eigenvalue weighted by molar-refractivity contribution is 0.179. The van der Waals surface area contributed by atoms with Crippen LogP contribution in [0.5, 0.6) is 0 Å². The first kappa shape index (κ1) is 14.0. The van der Waals surface area contributed by atoms with E-state index in [4.69, 9.17) is 0 Å². The molecule has 1 atom stereocenters. The van der Waals surface area contributed by atoms with Gasteiger partial charge in [0.1, 0.15) is 0 Å². The van der Waals surface area contributed by atoms with Crippen molar-refractivity contribution in [3.63, 3.8) is 0 Å². The highest BCUT2D eigenvalue weighted by Gasteiger charge is 2.21. The maximum Gasteiger partial charge on any atom is 0.0291 e. The molecule has 0 amide bonds. The van der Waals surface area contributed by atoms with Gasteiger partial charge in [0.05, 0.1) is 0 Å². The number of nitrogens with one attached hydrogen (secondary N) is 1. The Balaban J connectivity index is 1.86. The molecule has 2 aliphatic heterocycles. The zero-order valence-electron chi connectivity index (χ0n) is 12.1. The molecule has 0 spiro atoms. The van der Waals surface area contributed by atoms with E-state index in [1.54, 1.807) is 5.57 Å². The molecule has 0 saturated carbocycles. The number of rotatable bonds is 4. The first-order chi connectivity index (χ1) is 8.81. The van der Waals surface area contributed by atoms with Gasteiger partial charge >= 0.3 is 0 Å². The Morgan fingerprint density at radius 3 is 2.39 bits per heavy atom. The van der Waals surface area contributed by atoms with Crippen molar-refractivity contribution >= 4 is 0 Å². The van der Waals surface area contributed by atoms with Crippen molar-refractivity contribution in [2.75, 3.05) is 45.8 Å². The van der Waals surface area contributed by atoms with Crippen LogP contribution < -0.4 is 5.32 Å². The molecule has 2 heterocycles. The van der Waals surface area contributed by atoms with E-state index in [9.17, 15) is 0 Å². The first-order valence-electron chi connectivity index (χ1n) is 7.63. The van der Waals surface area contributed by atoms with E-state index in [1.165, 1.54) is 45.4 Å². The molecular weight excluding hydrogens is 222 g/mol. The maximum atomic E-state index is 3.43. The largest absolute Gasteiger partial charge is 0.314 e. The number of piperazine rings is 1. The van der Waals surface area contributed by atoms with Crippen LogP contribution in [0.15, 0.2) is 11.6 Å². The molecule has 18 heavy (non-hydrogen) atoms. The zero-order valence-corrected chi connectivity index (χ0v) is 12.1. The molecule has 2 saturated heterocycles. The summed E-state index contributed by atoms with van der Waals surface area (Å²) in [7, 11) is 0. The third kappa shape index (κ3) is 3.81. The highest BCUT2D eigenvalue weighted by molar-refractivity contribution is 5.12. The van der Waals surface area contributed by atoms with E-state index in [2.05, 4.69) is 35.0 Å². The molecule has 3 nitrogen and oxygen atoms in total. The fraction of sp³-hybridized carbons (Fsp3) is 0.867. The lowest BCUT2D eigenvalue weighted by Gasteiger charge is -2.36. The number of allylic oxidation sites excluding steroid dienone is 1. The van der Waals surface area contributed by atoms with Crippen LogP contribution in [0.1, 0.15) is 33.1 Å². The third-order valence-electron chi connectivity index (χ3n) is 4.46. The van der Waals surface area contributed by atoms with Crippen LogP contribution in [0.3, 0.4) is 0 Å². The maximum absolute atomic E-state index is 3.43. The van der Waals surface area contributed by atoms with Crippen LogP contribution in [0.4, 0.5) is 0 Å². The monoisotopic (exact) mass is 251 g/mol. The molecule has 0 radical (unpaired) electrons. The van der Waals surface area contributed by atoms with E-state index in [-0.39, 0.29) is 0 Å². The van der Waals surface area contributed by atoms with Crippen LogP contribution in [0.2, 0.25) is 0 Å². The van der Waals surface area contributed by atoms with Gasteiger partial charge in [0.2, 0.25) is 0 Å². The molecule has 0 aromatic rings. The van der Waals surface area contributed by atoms with Crippen molar-refractivity contribution < 1.29 is 0 Å². The number of nitrogens with zero attached hydrogens (tertiary/aromatic N) is 2. The van der Waals surface area contributed by atoms with Gasteiger partial charge in [-0.05, 0) is 45.4 Å². The molecule has 2 fully saturated rings. The minimum atomic E-state index is 0.630. The van der Waals surface area contributed by atoms with Crippen molar-refractivity contribution in [1.82, 2.24) is 15.1 Å². The third-order valence-corrected chi connectivity index (χ3v) is 4.46. The SMILES string of the molecule is CC=C(CN1CCNCC1)C(C)N1CCCCC1. The van der Waals surface area contributed by atoms with Crippen LogP contribution in [0, 0.1) is 0 Å². The summed E-state index contributed by atoms with van der Waals surface area (Å²) in [5.74, 6) is 0. The van der Waals surface area contributed by atoms with Gasteiger partial charge in [0.25, 0.3) is 0 Å². The normalized spacial score (nSPS) is 26.2. The lowest BCUT2D eigenvalue weighted by Crippen LogP contribution is -2.46. The Morgan fingerprint density at radius 2 is 1.78 bits per heavy atom. The van der Waals surface area contributed by atoms with Gasteiger partial charge in [-0.25, -0.2) is 0 Å². The quantitative estimate of drug-likeness (QED) is 0.768. The average molecular weight is 251 g/mol. The second kappa shape index (κ2) is 7.27. The number of likely N-dealkylation sites (tertiary alicyclic amines) is 1. The summed E-state index contributed by atoms with van der Waals surface area (Å²) in [6, 6.07) is 0.630. The summed E-state index contributed by atoms with van der Waals surface area (Å²) in [6.07, 6.45) is 6.54. The predicted molar refractivity (Wildman–Crippen MR) is 78.0 cm³/mol. The fourth-order valence-electron chi connectivity index (χ4n) is 3.13. The van der Waals surface area contributed by atoms with Crippen LogP contribution >= 0.6 is 0 Å². The Morgan fingerprint density at radius 1 is 1.11 bits per heavy atom. The van der Waals surface area contributed by atoms with Crippen molar-refractivity contribution in [3.8, 4) is 0 Å². The highest BCUT2D eigenvalue weighted by atomic mass is 15.2. The molecule has 2 rings (SSSR count). The topological polar surface area (TPSA) is 18.5 Å². The van der Waals surface area contributed by atoms with Gasteiger partial charge in [-0.2, -0.15) is 0 Å². The summed E-state index contributed by atoms with van der Waals surface area (Å²) in [6.45, 7) is 13.0. The Hall–Kier alpha value is -0.380. The summed E-state index contributed by atoms with van der Waals surface area (Å²) in [5.41, 5.74) is 1.61. The van der Waals surface area contributed by atoms with Crippen LogP contribution in [-0.4, -0.2) is 61.7 Å². The number of hydrogen-bond acceptors (Lipinski definition) is 3. The summed E-state index contributed by atoms with van der Waals surface area (Å²) < 4.78 is 0. The van der Waals surface area contributed by atoms with E-state index < -0.39 is 0 Å². The summed E-state index contributed by atoms with van der Waals surface area (Å²) in [5, 5.41) is 3.43. The van der Waals surface area contributed by atoms with E-state index in [0.29, 0.717) is 6.04 Å². The zero-order chi connectivity index (χ0) is 12.8. The average Bonchev–Trinajstić information content (AvgIpc) is 2.46. The van der Waals surface area contributed by atoms with Crippen molar-refractivity contribution in [3.05, 3.63) is 11.6 Å². The Bertz CT molecular complexity index is 263. The molecule has 0 aliphatic carbocycles. The van der Waals surface area contributed by atoms with E-state index in [0.717, 1.165) is 19.6 Å². The minimum absolute atomic E-state index is 0.630. The number of hydrogen-bond donors (Lipinski definition) is 1. The molecule has 104 valence electrons. The number of piperidine rings is 1. The Labute approximate surface area is 112 Å². The summed E-state index contributed by atoms with van der Waals surface area (Å²) in [4.78, 5) is 5.26. The molecule has 1 N–H and O–H groups in total. The molecular formula is C15H29N3. The van der Waals surface area contributed by atoms with Crippen molar-refractivity contribution in [2.24, 2.45) is 0 Å². The smallest absolute Gasteiger partial charge is 0.0291 e. The first-order valence-corrected chi connectivity index (χ1v) is 7.63. The lowest BCUT2D eigenvalue weighted by atomic mass is 10.0. The van der Waals surface area contributed by atoms with E-state index >= 15 is 0 Å². The van der Waals surface area contributed by atoms with Crippen molar-refractivity contribution in [1.29, 1.82) is 0 Å².